The molecule has 1 N–H and O–H groups in total. The number of nitrogens with one attached hydrogen (secondary N) is 1. The summed E-state index contributed by atoms with van der Waals surface area (Å²) >= 11 is 1.86. The van der Waals surface area contributed by atoms with Gasteiger partial charge in [-0.3, -0.25) is 4.79 Å². The average Bonchev–Trinajstić information content (AvgIpc) is 2.57. The summed E-state index contributed by atoms with van der Waals surface area (Å²) in [6.07, 6.45) is 1.35. The number of hydrogen-bond acceptors (Lipinski definition) is 3. The summed E-state index contributed by atoms with van der Waals surface area (Å²) in [7, 11) is 0. The Morgan fingerprint density at radius 2 is 2.00 bits per heavy atom. The summed E-state index contributed by atoms with van der Waals surface area (Å²) in [6, 6.07) is 16.3. The predicted molar refractivity (Wildman–Crippen MR) is 94.0 cm³/mol. The predicted octanol–water partition coefficient (Wildman–Crippen LogP) is 4.12. The van der Waals surface area contributed by atoms with Crippen LogP contribution in [0.2, 0.25) is 0 Å². The highest BCUT2D eigenvalue weighted by Crippen LogP contribution is 2.35. The lowest BCUT2D eigenvalue weighted by atomic mass is 10.0. The van der Waals surface area contributed by atoms with Gasteiger partial charge in [0.05, 0.1) is 19.1 Å². The Balaban J connectivity index is 1.49. The Hall–Kier alpha value is -1.94. The van der Waals surface area contributed by atoms with Gasteiger partial charge in [-0.05, 0) is 37.1 Å². The molecule has 0 saturated heterocycles. The normalized spacial score (nSPS) is 16.5. The molecule has 1 unspecified atom stereocenters. The molecule has 3 rings (SSSR count). The monoisotopic (exact) mass is 327 g/mol. The summed E-state index contributed by atoms with van der Waals surface area (Å²) in [5.41, 5.74) is 2.43. The number of benzene rings is 2. The Kier molecular flexibility index (Phi) is 5.23. The molecule has 1 aliphatic rings. The maximum Gasteiger partial charge on any atom is 0.223 e. The number of rotatable bonds is 5. The summed E-state index contributed by atoms with van der Waals surface area (Å²) in [5, 5.41) is 3.14. The van der Waals surface area contributed by atoms with Crippen molar-refractivity contribution in [2.45, 2.75) is 30.7 Å². The highest BCUT2D eigenvalue weighted by Gasteiger charge is 2.21. The van der Waals surface area contributed by atoms with Crippen LogP contribution in [-0.2, 0) is 4.79 Å². The van der Waals surface area contributed by atoms with Crippen molar-refractivity contribution in [2.75, 3.05) is 12.4 Å². The summed E-state index contributed by atoms with van der Waals surface area (Å²) in [6.45, 7) is 2.44. The van der Waals surface area contributed by atoms with Crippen LogP contribution in [0, 0.1) is 6.92 Å². The first kappa shape index (κ1) is 15.9. The van der Waals surface area contributed by atoms with Crippen LogP contribution in [-0.4, -0.2) is 18.3 Å². The molecule has 2 aromatic carbocycles. The minimum atomic E-state index is 0.0452. The summed E-state index contributed by atoms with van der Waals surface area (Å²) < 4.78 is 5.63. The highest BCUT2D eigenvalue weighted by molar-refractivity contribution is 7.99. The molecule has 3 nitrogen and oxygen atoms in total. The molecule has 1 atom stereocenters. The third-order valence-corrected chi connectivity index (χ3v) is 5.04. The van der Waals surface area contributed by atoms with E-state index in [1.165, 1.54) is 16.0 Å². The van der Waals surface area contributed by atoms with Crippen LogP contribution in [0.3, 0.4) is 0 Å². The van der Waals surface area contributed by atoms with E-state index < -0.39 is 0 Å². The van der Waals surface area contributed by atoms with Gasteiger partial charge in [0.2, 0.25) is 5.91 Å². The Morgan fingerprint density at radius 3 is 2.83 bits per heavy atom. The number of amides is 1. The fourth-order valence-corrected chi connectivity index (χ4v) is 3.78. The molecule has 120 valence electrons. The zero-order valence-electron chi connectivity index (χ0n) is 13.2. The summed E-state index contributed by atoms with van der Waals surface area (Å²) in [4.78, 5) is 13.4. The van der Waals surface area contributed by atoms with Gasteiger partial charge in [-0.15, -0.1) is 11.8 Å². The van der Waals surface area contributed by atoms with Crippen LogP contribution in [0.5, 0.6) is 5.75 Å². The van der Waals surface area contributed by atoms with Gasteiger partial charge < -0.3 is 10.1 Å². The van der Waals surface area contributed by atoms with E-state index in [0.29, 0.717) is 13.0 Å². The standard InChI is InChI=1S/C19H21NO2S/c1-14-6-8-15(9-7-14)22-12-10-19(21)20-17-11-13-23-18-5-3-2-4-16(17)18/h2-9,17H,10-13H2,1H3,(H,20,21). The number of thioether (sulfide) groups is 1. The van der Waals surface area contributed by atoms with Crippen LogP contribution < -0.4 is 10.1 Å². The SMILES string of the molecule is Cc1ccc(OCCC(=O)NC2CCSc3ccccc32)cc1. The molecule has 0 radical (unpaired) electrons. The first-order chi connectivity index (χ1) is 11.2. The lowest BCUT2D eigenvalue weighted by molar-refractivity contribution is -0.122. The molecule has 0 spiro atoms. The number of carbonyl (C=O) groups is 1. The first-order valence-electron chi connectivity index (χ1n) is 7.93. The zero-order valence-corrected chi connectivity index (χ0v) is 14.1. The quantitative estimate of drug-likeness (QED) is 0.898. The maximum absolute atomic E-state index is 12.2. The maximum atomic E-state index is 12.2. The second-order valence-corrected chi connectivity index (χ2v) is 6.84. The third-order valence-electron chi connectivity index (χ3n) is 3.91. The number of hydrogen-bond donors (Lipinski definition) is 1. The molecule has 0 aliphatic carbocycles. The van der Waals surface area contributed by atoms with Gasteiger partial charge in [-0.1, -0.05) is 35.9 Å². The lowest BCUT2D eigenvalue weighted by Crippen LogP contribution is -2.31. The van der Waals surface area contributed by atoms with Crippen LogP contribution in [0.4, 0.5) is 0 Å². The number of ether oxygens (including phenoxy) is 1. The molecule has 4 heteroatoms. The lowest BCUT2D eigenvalue weighted by Gasteiger charge is -2.25. The van der Waals surface area contributed by atoms with Crippen molar-refractivity contribution in [3.63, 3.8) is 0 Å². The van der Waals surface area contributed by atoms with Gasteiger partial charge in [0.25, 0.3) is 0 Å². The van der Waals surface area contributed by atoms with Gasteiger partial charge >= 0.3 is 0 Å². The van der Waals surface area contributed by atoms with Gasteiger partial charge in [0.15, 0.2) is 0 Å². The van der Waals surface area contributed by atoms with Crippen LogP contribution in [0.25, 0.3) is 0 Å². The smallest absolute Gasteiger partial charge is 0.223 e. The van der Waals surface area contributed by atoms with Crippen molar-refractivity contribution in [1.82, 2.24) is 5.32 Å². The van der Waals surface area contributed by atoms with Gasteiger partial charge in [-0.25, -0.2) is 0 Å². The molecule has 1 aliphatic heterocycles. The van der Waals surface area contributed by atoms with E-state index in [1.807, 2.05) is 55.1 Å². The van der Waals surface area contributed by atoms with Gasteiger partial charge in [-0.2, -0.15) is 0 Å². The van der Waals surface area contributed by atoms with Crippen molar-refractivity contribution < 1.29 is 9.53 Å². The van der Waals surface area contributed by atoms with Crippen molar-refractivity contribution in [3.05, 3.63) is 59.7 Å². The van der Waals surface area contributed by atoms with Crippen molar-refractivity contribution in [2.24, 2.45) is 0 Å². The topological polar surface area (TPSA) is 38.3 Å². The van der Waals surface area contributed by atoms with E-state index in [1.54, 1.807) is 0 Å². The first-order valence-corrected chi connectivity index (χ1v) is 8.91. The van der Waals surface area contributed by atoms with E-state index in [0.717, 1.165) is 17.9 Å². The van der Waals surface area contributed by atoms with Crippen LogP contribution in [0.1, 0.15) is 30.0 Å². The number of aryl methyl sites for hydroxylation is 1. The van der Waals surface area contributed by atoms with Crippen molar-refractivity contribution >= 4 is 17.7 Å². The average molecular weight is 327 g/mol. The van der Waals surface area contributed by atoms with Crippen molar-refractivity contribution in [3.8, 4) is 5.75 Å². The van der Waals surface area contributed by atoms with E-state index in [4.69, 9.17) is 4.74 Å². The third kappa shape index (κ3) is 4.29. The Bertz CT molecular complexity index is 669. The molecule has 23 heavy (non-hydrogen) atoms. The molecule has 0 aromatic heterocycles. The minimum Gasteiger partial charge on any atom is -0.493 e. The molecule has 0 saturated carbocycles. The van der Waals surface area contributed by atoms with E-state index in [9.17, 15) is 4.79 Å². The van der Waals surface area contributed by atoms with Gasteiger partial charge in [0, 0.05) is 10.6 Å². The molecule has 2 aromatic rings. The van der Waals surface area contributed by atoms with E-state index >= 15 is 0 Å². The summed E-state index contributed by atoms with van der Waals surface area (Å²) in [5.74, 6) is 1.90. The number of carbonyl (C=O) groups excluding carboxylic acids is 1. The molecule has 1 amide bonds. The van der Waals surface area contributed by atoms with Crippen LogP contribution in [0.15, 0.2) is 53.4 Å². The highest BCUT2D eigenvalue weighted by atomic mass is 32.2. The largest absolute Gasteiger partial charge is 0.493 e. The van der Waals surface area contributed by atoms with Gasteiger partial charge in [0.1, 0.15) is 5.75 Å². The Morgan fingerprint density at radius 1 is 1.22 bits per heavy atom. The Labute approximate surface area is 141 Å². The molecule has 1 heterocycles. The molecule has 0 fully saturated rings. The second-order valence-electron chi connectivity index (χ2n) is 5.71. The fraction of sp³-hybridized carbons (Fsp3) is 0.316. The van der Waals surface area contributed by atoms with E-state index in [2.05, 4.69) is 17.4 Å². The number of fused-ring (bicyclic) bond motifs is 1. The minimum absolute atomic E-state index is 0.0452. The fourth-order valence-electron chi connectivity index (χ4n) is 2.65. The van der Waals surface area contributed by atoms with E-state index in [-0.39, 0.29) is 11.9 Å². The molecular weight excluding hydrogens is 306 g/mol. The van der Waals surface area contributed by atoms with Crippen LogP contribution >= 0.6 is 11.8 Å². The zero-order chi connectivity index (χ0) is 16.1. The second kappa shape index (κ2) is 7.55. The van der Waals surface area contributed by atoms with Crippen molar-refractivity contribution in [1.29, 1.82) is 0 Å². The molecule has 0 bridgehead atoms. The molecular formula is C19H21NO2S.